The van der Waals surface area contributed by atoms with Crippen LogP contribution in [0.15, 0.2) is 102 Å². The smallest absolute Gasteiger partial charge is 0.271 e. The first-order valence-electron chi connectivity index (χ1n) is 13.4. The van der Waals surface area contributed by atoms with Gasteiger partial charge in [-0.15, -0.1) is 11.3 Å². The zero-order valence-electron chi connectivity index (χ0n) is 22.3. The summed E-state index contributed by atoms with van der Waals surface area (Å²) in [6, 6.07) is 22.5. The third kappa shape index (κ3) is 5.24. The maximum Gasteiger partial charge on any atom is 0.271 e. The number of benzene rings is 3. The van der Waals surface area contributed by atoms with Crippen molar-refractivity contribution in [1.82, 2.24) is 4.57 Å². The van der Waals surface area contributed by atoms with Crippen LogP contribution in [-0.4, -0.2) is 9.49 Å². The highest BCUT2D eigenvalue weighted by Gasteiger charge is 2.33. The monoisotopic (exact) mass is 733 g/mol. The predicted molar refractivity (Wildman–Crippen MR) is 176 cm³/mol. The highest BCUT2D eigenvalue weighted by Crippen LogP contribution is 2.42. The summed E-state index contributed by atoms with van der Waals surface area (Å²) >= 11 is 10.3. The number of hydrogen-bond donors (Lipinski definition) is 0. The molecule has 7 nitrogen and oxygen atoms in total. The number of aromatic nitrogens is 1. The molecule has 0 fully saturated rings. The van der Waals surface area contributed by atoms with E-state index in [1.165, 1.54) is 34.6 Å². The number of aryl methyl sites for hydroxylation is 1. The van der Waals surface area contributed by atoms with Crippen LogP contribution in [0.3, 0.4) is 0 Å². The molecule has 7 rings (SSSR count). The van der Waals surface area contributed by atoms with Crippen molar-refractivity contribution in [2.24, 2.45) is 4.99 Å². The van der Waals surface area contributed by atoms with Crippen LogP contribution in [0.5, 0.6) is 5.75 Å². The Kier molecular flexibility index (Phi) is 7.50. The van der Waals surface area contributed by atoms with Crippen molar-refractivity contribution in [3.05, 3.63) is 150 Å². The molecule has 2 aliphatic rings. The van der Waals surface area contributed by atoms with Gasteiger partial charge in [0.25, 0.3) is 11.2 Å². The fourth-order valence-electron chi connectivity index (χ4n) is 5.54. The molecular formula is C32H21Br2N3O4S2. The van der Waals surface area contributed by atoms with Gasteiger partial charge in [0.2, 0.25) is 0 Å². The summed E-state index contributed by atoms with van der Waals surface area (Å²) in [6.07, 6.45) is 3.68. The molecule has 11 heteroatoms. The Bertz CT molecular complexity index is 2090. The molecule has 2 aromatic heterocycles. The Morgan fingerprint density at radius 2 is 1.81 bits per heavy atom. The summed E-state index contributed by atoms with van der Waals surface area (Å²) in [5.74, 6) is 0.598. The Morgan fingerprint density at radius 3 is 2.53 bits per heavy atom. The summed E-state index contributed by atoms with van der Waals surface area (Å²) in [6.45, 7) is 0.240. The van der Waals surface area contributed by atoms with Gasteiger partial charge in [-0.1, -0.05) is 41.7 Å². The number of nitro groups is 1. The highest BCUT2D eigenvalue weighted by molar-refractivity contribution is 9.11. The first-order valence-corrected chi connectivity index (χ1v) is 16.7. The van der Waals surface area contributed by atoms with E-state index in [-0.39, 0.29) is 23.9 Å². The van der Waals surface area contributed by atoms with E-state index in [1.54, 1.807) is 23.5 Å². The van der Waals surface area contributed by atoms with Gasteiger partial charge >= 0.3 is 0 Å². The minimum absolute atomic E-state index is 0.0347. The number of nitrogens with zero attached hydrogens (tertiary/aromatic N) is 3. The van der Waals surface area contributed by atoms with E-state index in [9.17, 15) is 14.9 Å². The fourth-order valence-corrected chi connectivity index (χ4v) is 8.84. The van der Waals surface area contributed by atoms with Crippen LogP contribution in [0.2, 0.25) is 0 Å². The number of fused-ring (bicyclic) bond motifs is 3. The van der Waals surface area contributed by atoms with Gasteiger partial charge in [-0.2, -0.15) is 0 Å². The number of hydrogen-bond acceptors (Lipinski definition) is 7. The number of ether oxygens (including phenoxy) is 1. The molecule has 0 unspecified atom stereocenters. The quantitative estimate of drug-likeness (QED) is 0.135. The van der Waals surface area contributed by atoms with Gasteiger partial charge in [-0.25, -0.2) is 4.99 Å². The normalized spacial score (nSPS) is 15.9. The number of non-ortho nitro benzene ring substituents is 1. The third-order valence-corrected chi connectivity index (χ3v) is 10.6. The number of rotatable bonds is 6. The lowest BCUT2D eigenvalue weighted by Gasteiger charge is -2.30. The lowest BCUT2D eigenvalue weighted by Crippen LogP contribution is -2.38. The van der Waals surface area contributed by atoms with Crippen LogP contribution in [0.1, 0.15) is 39.6 Å². The van der Waals surface area contributed by atoms with E-state index in [0.29, 0.717) is 24.0 Å². The van der Waals surface area contributed by atoms with Crippen LogP contribution >= 0.6 is 54.5 Å². The molecular weight excluding hydrogens is 714 g/mol. The maximum atomic E-state index is 14.0. The van der Waals surface area contributed by atoms with Crippen LogP contribution in [0.25, 0.3) is 11.8 Å². The molecule has 0 spiro atoms. The first kappa shape index (κ1) is 28.1. The zero-order chi connectivity index (χ0) is 29.7. The largest absolute Gasteiger partial charge is 0.487 e. The lowest BCUT2D eigenvalue weighted by atomic mass is 9.85. The molecule has 0 bridgehead atoms. The third-order valence-electron chi connectivity index (χ3n) is 7.53. The molecule has 214 valence electrons. The second kappa shape index (κ2) is 11.5. The second-order valence-corrected chi connectivity index (χ2v) is 13.9. The van der Waals surface area contributed by atoms with Crippen LogP contribution in [0, 0.1) is 10.1 Å². The van der Waals surface area contributed by atoms with E-state index < -0.39 is 4.92 Å². The summed E-state index contributed by atoms with van der Waals surface area (Å²) < 4.78 is 9.92. The first-order chi connectivity index (χ1) is 20.9. The maximum absolute atomic E-state index is 14.0. The van der Waals surface area contributed by atoms with Gasteiger partial charge in [0.15, 0.2) is 4.80 Å². The van der Waals surface area contributed by atoms with E-state index >= 15 is 0 Å². The molecule has 1 aliphatic carbocycles. The Morgan fingerprint density at radius 1 is 1.05 bits per heavy atom. The average Bonchev–Trinajstić information content (AvgIpc) is 3.64. The number of thiazole rings is 1. The summed E-state index contributed by atoms with van der Waals surface area (Å²) in [5.41, 5.74) is 6.24. The van der Waals surface area contributed by atoms with E-state index in [4.69, 9.17) is 9.73 Å². The van der Waals surface area contributed by atoms with Gasteiger partial charge in [-0.05, 0) is 109 Å². The molecule has 0 saturated heterocycles. The van der Waals surface area contributed by atoms with Crippen molar-refractivity contribution >= 4 is 72.0 Å². The number of thiophene rings is 1. The SMILES string of the molecule is O=c1/c(=C\c2cc(Br)c(OCc3ccc([N+](=O)[O-])cc3)c(Br)c2)sc2n1[C@@H](c1cccs1)C1=C(N=2)c2ccccc2CC1. The molecule has 43 heavy (non-hydrogen) atoms. The standard InChI is InChI=1S/C32H21Br2N3O4S2/c33-24-14-19(15-25(34)30(24)41-17-18-7-10-21(11-8-18)37(39)40)16-27-31(38)36-29(26-6-3-13-42-26)23-12-9-20-4-1-2-5-22(20)28(23)35-32(36)43-27/h1-8,10-11,13-16,29H,9,12,17H2/b27-16+/t29-/m1/s1. The Balaban J connectivity index is 1.25. The molecule has 3 heterocycles. The van der Waals surface area contributed by atoms with Crippen LogP contribution in [0.4, 0.5) is 5.69 Å². The zero-order valence-corrected chi connectivity index (χ0v) is 27.1. The Hall–Kier alpha value is -3.64. The summed E-state index contributed by atoms with van der Waals surface area (Å²) in [4.78, 5) is 31.4. The number of halogens is 2. The van der Waals surface area contributed by atoms with Crippen molar-refractivity contribution in [2.45, 2.75) is 25.5 Å². The van der Waals surface area contributed by atoms with Gasteiger partial charge in [0.1, 0.15) is 12.4 Å². The topological polar surface area (TPSA) is 86.7 Å². The minimum atomic E-state index is -0.428. The van der Waals surface area contributed by atoms with Crippen molar-refractivity contribution < 1.29 is 9.66 Å². The molecule has 1 aliphatic heterocycles. The molecule has 0 N–H and O–H groups in total. The molecule has 0 radical (unpaired) electrons. The average molecular weight is 735 g/mol. The minimum Gasteiger partial charge on any atom is -0.487 e. The van der Waals surface area contributed by atoms with Crippen molar-refractivity contribution in [3.8, 4) is 5.75 Å². The summed E-state index contributed by atoms with van der Waals surface area (Å²) in [7, 11) is 0. The lowest BCUT2D eigenvalue weighted by molar-refractivity contribution is -0.384. The van der Waals surface area contributed by atoms with Crippen molar-refractivity contribution in [2.75, 3.05) is 0 Å². The summed E-state index contributed by atoms with van der Waals surface area (Å²) in [5, 5.41) is 13.0. The van der Waals surface area contributed by atoms with Gasteiger partial charge in [0.05, 0.1) is 30.1 Å². The fraction of sp³-hybridized carbons (Fsp3) is 0.125. The molecule has 0 saturated carbocycles. The second-order valence-electron chi connectivity index (χ2n) is 10.2. The predicted octanol–water partition coefficient (Wildman–Crippen LogP) is 7.39. The van der Waals surface area contributed by atoms with E-state index in [2.05, 4.69) is 67.6 Å². The van der Waals surface area contributed by atoms with Gasteiger partial charge < -0.3 is 4.74 Å². The van der Waals surface area contributed by atoms with E-state index in [1.807, 2.05) is 28.8 Å². The molecule has 1 atom stereocenters. The van der Waals surface area contributed by atoms with Crippen LogP contribution < -0.4 is 19.6 Å². The number of nitro benzene ring substituents is 1. The van der Waals surface area contributed by atoms with Gasteiger partial charge in [-0.3, -0.25) is 19.5 Å². The molecule has 5 aromatic rings. The van der Waals surface area contributed by atoms with Crippen LogP contribution in [-0.2, 0) is 13.0 Å². The Labute approximate surface area is 270 Å². The van der Waals surface area contributed by atoms with E-state index in [0.717, 1.165) is 40.1 Å². The highest BCUT2D eigenvalue weighted by atomic mass is 79.9. The number of allylic oxidation sites excluding steroid dienone is 1. The molecule has 3 aromatic carbocycles. The van der Waals surface area contributed by atoms with Crippen molar-refractivity contribution in [3.63, 3.8) is 0 Å². The van der Waals surface area contributed by atoms with Gasteiger partial charge in [0, 0.05) is 22.6 Å². The van der Waals surface area contributed by atoms with Crippen molar-refractivity contribution in [1.29, 1.82) is 0 Å². The molecule has 0 amide bonds.